The molecule has 18 heavy (non-hydrogen) atoms. The SMILES string of the molecule is CC(CC(=O)O)C1CNc2cccc(C3CC3)c21. The fourth-order valence-corrected chi connectivity index (χ4v) is 3.13. The van der Waals surface area contributed by atoms with Gasteiger partial charge in [-0.3, -0.25) is 4.79 Å². The lowest BCUT2D eigenvalue weighted by Crippen LogP contribution is -2.16. The summed E-state index contributed by atoms with van der Waals surface area (Å²) in [4.78, 5) is 10.9. The maximum Gasteiger partial charge on any atom is 0.303 e. The Morgan fingerprint density at radius 2 is 2.28 bits per heavy atom. The van der Waals surface area contributed by atoms with Gasteiger partial charge in [0.25, 0.3) is 0 Å². The van der Waals surface area contributed by atoms with Gasteiger partial charge in [0.05, 0.1) is 0 Å². The highest BCUT2D eigenvalue weighted by Crippen LogP contribution is 2.48. The van der Waals surface area contributed by atoms with Crippen LogP contribution in [-0.2, 0) is 4.79 Å². The predicted molar refractivity (Wildman–Crippen MR) is 71.1 cm³/mol. The summed E-state index contributed by atoms with van der Waals surface area (Å²) in [6, 6.07) is 6.46. The lowest BCUT2D eigenvalue weighted by molar-refractivity contribution is -0.138. The molecular formula is C15H19NO2. The largest absolute Gasteiger partial charge is 0.481 e. The van der Waals surface area contributed by atoms with Gasteiger partial charge in [-0.2, -0.15) is 0 Å². The van der Waals surface area contributed by atoms with E-state index in [0.29, 0.717) is 5.92 Å². The number of carbonyl (C=O) groups is 1. The molecule has 0 spiro atoms. The third-order valence-electron chi connectivity index (χ3n) is 4.22. The first-order valence-electron chi connectivity index (χ1n) is 6.75. The zero-order chi connectivity index (χ0) is 12.7. The zero-order valence-electron chi connectivity index (χ0n) is 10.6. The molecule has 3 nitrogen and oxygen atoms in total. The van der Waals surface area contributed by atoms with Crippen LogP contribution in [0.25, 0.3) is 0 Å². The molecule has 0 radical (unpaired) electrons. The Bertz CT molecular complexity index is 479. The van der Waals surface area contributed by atoms with E-state index in [1.54, 1.807) is 0 Å². The van der Waals surface area contributed by atoms with Gasteiger partial charge in [-0.25, -0.2) is 0 Å². The van der Waals surface area contributed by atoms with Gasteiger partial charge in [0.15, 0.2) is 0 Å². The second kappa shape index (κ2) is 4.30. The highest BCUT2D eigenvalue weighted by Gasteiger charge is 2.35. The number of fused-ring (bicyclic) bond motifs is 1. The molecule has 2 aliphatic rings. The summed E-state index contributed by atoms with van der Waals surface area (Å²) in [6.07, 6.45) is 2.83. The van der Waals surface area contributed by atoms with Crippen molar-refractivity contribution in [3.05, 3.63) is 29.3 Å². The average molecular weight is 245 g/mol. The fraction of sp³-hybridized carbons (Fsp3) is 0.533. The standard InChI is InChI=1S/C15H19NO2/c1-9(7-14(17)18)12-8-16-13-4-2-3-11(15(12)13)10-5-6-10/h2-4,9-10,12,16H,5-8H2,1H3,(H,17,18). The summed E-state index contributed by atoms with van der Waals surface area (Å²) in [6.45, 7) is 2.94. The highest BCUT2D eigenvalue weighted by atomic mass is 16.4. The van der Waals surface area contributed by atoms with Crippen LogP contribution in [0.5, 0.6) is 0 Å². The van der Waals surface area contributed by atoms with E-state index in [9.17, 15) is 4.79 Å². The molecule has 0 amide bonds. The van der Waals surface area contributed by atoms with Gasteiger partial charge < -0.3 is 10.4 Å². The van der Waals surface area contributed by atoms with Crippen molar-refractivity contribution in [2.45, 2.75) is 38.0 Å². The zero-order valence-corrected chi connectivity index (χ0v) is 10.6. The monoisotopic (exact) mass is 245 g/mol. The van der Waals surface area contributed by atoms with Crippen LogP contribution >= 0.6 is 0 Å². The first-order chi connectivity index (χ1) is 8.66. The van der Waals surface area contributed by atoms with Crippen LogP contribution in [0.1, 0.15) is 49.1 Å². The van der Waals surface area contributed by atoms with Crippen LogP contribution in [0.4, 0.5) is 5.69 Å². The highest BCUT2D eigenvalue weighted by molar-refractivity contribution is 5.68. The van der Waals surface area contributed by atoms with E-state index < -0.39 is 5.97 Å². The number of nitrogens with one attached hydrogen (secondary N) is 1. The molecule has 0 saturated heterocycles. The van der Waals surface area contributed by atoms with E-state index in [1.807, 2.05) is 0 Å². The van der Waals surface area contributed by atoms with Gasteiger partial charge in [0.2, 0.25) is 0 Å². The number of rotatable bonds is 4. The lowest BCUT2D eigenvalue weighted by Gasteiger charge is -2.20. The molecule has 1 heterocycles. The van der Waals surface area contributed by atoms with Crippen LogP contribution in [-0.4, -0.2) is 17.6 Å². The molecular weight excluding hydrogens is 226 g/mol. The lowest BCUT2D eigenvalue weighted by atomic mass is 9.83. The van der Waals surface area contributed by atoms with Crippen LogP contribution < -0.4 is 5.32 Å². The summed E-state index contributed by atoms with van der Waals surface area (Å²) in [5, 5.41) is 12.4. The van der Waals surface area contributed by atoms with Gasteiger partial charge >= 0.3 is 5.97 Å². The first kappa shape index (κ1) is 11.6. The predicted octanol–water partition coefficient (Wildman–Crippen LogP) is 3.18. The fourth-order valence-electron chi connectivity index (χ4n) is 3.13. The van der Waals surface area contributed by atoms with E-state index in [2.05, 4.69) is 30.4 Å². The average Bonchev–Trinajstić information content (AvgIpc) is 3.06. The molecule has 2 unspecified atom stereocenters. The maximum atomic E-state index is 10.9. The summed E-state index contributed by atoms with van der Waals surface area (Å²) >= 11 is 0. The molecule has 1 aliphatic heterocycles. The third kappa shape index (κ3) is 1.98. The molecule has 1 aromatic carbocycles. The number of aliphatic carboxylic acids is 1. The Morgan fingerprint density at radius 3 is 2.94 bits per heavy atom. The Labute approximate surface area is 107 Å². The van der Waals surface area contributed by atoms with Crippen molar-refractivity contribution in [1.82, 2.24) is 0 Å². The smallest absolute Gasteiger partial charge is 0.303 e. The summed E-state index contributed by atoms with van der Waals surface area (Å²) in [5.41, 5.74) is 4.08. The summed E-state index contributed by atoms with van der Waals surface area (Å²) in [7, 11) is 0. The summed E-state index contributed by atoms with van der Waals surface area (Å²) < 4.78 is 0. The Hall–Kier alpha value is -1.51. The minimum Gasteiger partial charge on any atom is -0.481 e. The van der Waals surface area contributed by atoms with Gasteiger partial charge in [-0.15, -0.1) is 0 Å². The second-order valence-corrected chi connectivity index (χ2v) is 5.65. The first-order valence-corrected chi connectivity index (χ1v) is 6.75. The van der Waals surface area contributed by atoms with Crippen LogP contribution in [0.15, 0.2) is 18.2 Å². The molecule has 96 valence electrons. The normalized spacial score (nSPS) is 23.3. The van der Waals surface area contributed by atoms with Crippen molar-refractivity contribution in [2.24, 2.45) is 5.92 Å². The van der Waals surface area contributed by atoms with Gasteiger partial charge in [-0.05, 0) is 41.9 Å². The van der Waals surface area contributed by atoms with E-state index in [1.165, 1.54) is 29.7 Å². The maximum absolute atomic E-state index is 10.9. The Kier molecular flexibility index (Phi) is 2.77. The summed E-state index contributed by atoms with van der Waals surface area (Å²) in [5.74, 6) is 0.572. The molecule has 2 atom stereocenters. The van der Waals surface area contributed by atoms with Crippen molar-refractivity contribution in [3.8, 4) is 0 Å². The minimum absolute atomic E-state index is 0.191. The van der Waals surface area contributed by atoms with Gasteiger partial charge in [0, 0.05) is 24.6 Å². The molecule has 1 fully saturated rings. The van der Waals surface area contributed by atoms with Crippen molar-refractivity contribution < 1.29 is 9.90 Å². The van der Waals surface area contributed by atoms with Crippen LogP contribution in [0.3, 0.4) is 0 Å². The number of anilines is 1. The quantitative estimate of drug-likeness (QED) is 0.856. The molecule has 1 aromatic rings. The number of hydrogen-bond acceptors (Lipinski definition) is 2. The topological polar surface area (TPSA) is 49.3 Å². The second-order valence-electron chi connectivity index (χ2n) is 5.65. The molecule has 3 rings (SSSR count). The molecule has 0 bridgehead atoms. The van der Waals surface area contributed by atoms with Crippen LogP contribution in [0.2, 0.25) is 0 Å². The number of benzene rings is 1. The van der Waals surface area contributed by atoms with Gasteiger partial charge in [-0.1, -0.05) is 19.1 Å². The van der Waals surface area contributed by atoms with E-state index in [-0.39, 0.29) is 12.3 Å². The number of carboxylic acid groups (broad SMARTS) is 1. The van der Waals surface area contributed by atoms with Crippen LogP contribution in [0, 0.1) is 5.92 Å². The molecule has 3 heteroatoms. The third-order valence-corrected chi connectivity index (χ3v) is 4.22. The van der Waals surface area contributed by atoms with Crippen molar-refractivity contribution >= 4 is 11.7 Å². The molecule has 1 aliphatic carbocycles. The van der Waals surface area contributed by atoms with Crippen molar-refractivity contribution in [3.63, 3.8) is 0 Å². The molecule has 1 saturated carbocycles. The molecule has 0 aromatic heterocycles. The van der Waals surface area contributed by atoms with E-state index in [0.717, 1.165) is 12.5 Å². The van der Waals surface area contributed by atoms with E-state index in [4.69, 9.17) is 5.11 Å². The number of hydrogen-bond donors (Lipinski definition) is 2. The van der Waals surface area contributed by atoms with Gasteiger partial charge in [0.1, 0.15) is 0 Å². The van der Waals surface area contributed by atoms with Crippen molar-refractivity contribution in [2.75, 3.05) is 11.9 Å². The Morgan fingerprint density at radius 1 is 1.50 bits per heavy atom. The molecule has 2 N–H and O–H groups in total. The van der Waals surface area contributed by atoms with E-state index >= 15 is 0 Å². The Balaban J connectivity index is 1.92. The van der Waals surface area contributed by atoms with Crippen molar-refractivity contribution in [1.29, 1.82) is 0 Å². The minimum atomic E-state index is -0.695. The number of carboxylic acids is 1.